The fourth-order valence-electron chi connectivity index (χ4n) is 3.27. The van der Waals surface area contributed by atoms with Gasteiger partial charge in [0.1, 0.15) is 5.52 Å². The van der Waals surface area contributed by atoms with Crippen molar-refractivity contribution in [3.63, 3.8) is 0 Å². The van der Waals surface area contributed by atoms with E-state index in [2.05, 4.69) is 9.98 Å². The number of aryl methyl sites for hydroxylation is 2. The van der Waals surface area contributed by atoms with Gasteiger partial charge in [0, 0.05) is 17.8 Å². The average Bonchev–Trinajstić information content (AvgIpc) is 3.15. The van der Waals surface area contributed by atoms with E-state index in [4.69, 9.17) is 4.42 Å². The molecule has 0 atom stereocenters. The van der Waals surface area contributed by atoms with Gasteiger partial charge in [-0.05, 0) is 55.0 Å². The summed E-state index contributed by atoms with van der Waals surface area (Å²) >= 11 is 0. The molecular weight excluding hydrogens is 416 g/mol. The molecule has 10 heteroatoms. The first-order chi connectivity index (χ1) is 15.2. The molecule has 0 unspecified atom stereocenters. The minimum absolute atomic E-state index is 0.262. The van der Waals surface area contributed by atoms with Gasteiger partial charge in [-0.2, -0.15) is 0 Å². The molecule has 0 radical (unpaired) electrons. The predicted octanol–water partition coefficient (Wildman–Crippen LogP) is 4.75. The van der Waals surface area contributed by atoms with Crippen molar-refractivity contribution >= 4 is 34.4 Å². The smallest absolute Gasteiger partial charge is 0.276 e. The molecule has 0 saturated heterocycles. The summed E-state index contributed by atoms with van der Waals surface area (Å²) in [5.41, 5.74) is 2.75. The molecule has 0 spiro atoms. The second kappa shape index (κ2) is 7.91. The number of nitrogens with zero attached hydrogens (tertiary/aromatic N) is 4. The number of nitro groups is 2. The molecule has 0 amide bonds. The van der Waals surface area contributed by atoms with Crippen molar-refractivity contribution in [2.24, 2.45) is 4.99 Å². The topological polar surface area (TPSA) is 148 Å². The lowest BCUT2D eigenvalue weighted by Crippen LogP contribution is -2.03. The van der Waals surface area contributed by atoms with Crippen LogP contribution in [0.5, 0.6) is 5.75 Å². The maximum absolute atomic E-state index is 12.3. The van der Waals surface area contributed by atoms with E-state index in [1.165, 1.54) is 0 Å². The molecule has 0 saturated carbocycles. The van der Waals surface area contributed by atoms with Gasteiger partial charge in [-0.25, -0.2) is 4.98 Å². The number of hydrogen-bond donors (Lipinski definition) is 0. The molecule has 0 aliphatic heterocycles. The first-order valence-corrected chi connectivity index (χ1v) is 9.39. The maximum Gasteiger partial charge on any atom is 0.276 e. The zero-order chi connectivity index (χ0) is 23.0. The quantitative estimate of drug-likeness (QED) is 0.251. The van der Waals surface area contributed by atoms with Crippen molar-refractivity contribution < 1.29 is 19.4 Å². The lowest BCUT2D eigenvalue weighted by molar-refractivity contribution is -0.403. The van der Waals surface area contributed by atoms with Crippen LogP contribution in [0.1, 0.15) is 16.7 Å². The molecule has 0 N–H and O–H groups in total. The number of aliphatic imine (C=N–C) groups is 1. The number of aromatic nitrogens is 1. The van der Waals surface area contributed by atoms with Crippen LogP contribution in [0.4, 0.5) is 17.1 Å². The number of nitro benzene ring substituents is 2. The lowest BCUT2D eigenvalue weighted by atomic mass is 10.1. The minimum Gasteiger partial charge on any atom is -0.867 e. The number of non-ortho nitro benzene ring substituents is 1. The highest BCUT2D eigenvalue weighted by molar-refractivity contribution is 5.89. The van der Waals surface area contributed by atoms with Gasteiger partial charge in [-0.15, -0.1) is 0 Å². The molecule has 0 fully saturated rings. The van der Waals surface area contributed by atoms with E-state index in [-0.39, 0.29) is 5.56 Å². The summed E-state index contributed by atoms with van der Waals surface area (Å²) < 4.78 is 5.83. The number of hydrogen-bond acceptors (Lipinski definition) is 8. The molecule has 10 nitrogen and oxygen atoms in total. The normalized spacial score (nSPS) is 11.3. The summed E-state index contributed by atoms with van der Waals surface area (Å²) in [6, 6.07) is 12.4. The third-order valence-corrected chi connectivity index (χ3v) is 4.83. The summed E-state index contributed by atoms with van der Waals surface area (Å²) in [4.78, 5) is 29.0. The highest BCUT2D eigenvalue weighted by Gasteiger charge is 2.18. The standard InChI is InChI=1S/C22H16N4O6/c1-12-3-5-17(13(2)7-12)22-24-18-9-15(4-6-20(18)32-22)23-11-14-8-16(25(28)29)10-19(21(14)27)26(30)31/h3-11,27H,1-2H3/p-1. The third-order valence-electron chi connectivity index (χ3n) is 4.83. The molecule has 4 rings (SSSR count). The second-order valence-corrected chi connectivity index (χ2v) is 7.15. The molecule has 32 heavy (non-hydrogen) atoms. The van der Waals surface area contributed by atoms with Gasteiger partial charge in [0.15, 0.2) is 5.58 Å². The number of rotatable bonds is 5. The first-order valence-electron chi connectivity index (χ1n) is 9.39. The Bertz CT molecular complexity index is 1420. The third kappa shape index (κ3) is 3.88. The molecule has 0 aliphatic carbocycles. The number of benzene rings is 3. The van der Waals surface area contributed by atoms with Crippen LogP contribution in [-0.2, 0) is 0 Å². The zero-order valence-corrected chi connectivity index (χ0v) is 16.9. The van der Waals surface area contributed by atoms with Crippen LogP contribution in [-0.4, -0.2) is 21.0 Å². The summed E-state index contributed by atoms with van der Waals surface area (Å²) in [5.74, 6) is -0.501. The minimum atomic E-state index is -0.956. The molecule has 4 aromatic rings. The summed E-state index contributed by atoms with van der Waals surface area (Å²) in [5, 5.41) is 34.3. The van der Waals surface area contributed by atoms with Crippen molar-refractivity contribution in [3.8, 4) is 17.2 Å². The van der Waals surface area contributed by atoms with Crippen LogP contribution < -0.4 is 5.11 Å². The lowest BCUT2D eigenvalue weighted by Gasteiger charge is -2.10. The first kappa shape index (κ1) is 20.7. The van der Waals surface area contributed by atoms with E-state index in [1.54, 1.807) is 18.2 Å². The van der Waals surface area contributed by atoms with Crippen LogP contribution in [0.3, 0.4) is 0 Å². The van der Waals surface area contributed by atoms with Crippen LogP contribution in [0.25, 0.3) is 22.6 Å². The summed E-state index contributed by atoms with van der Waals surface area (Å²) in [6.07, 6.45) is 1.06. The van der Waals surface area contributed by atoms with Crippen molar-refractivity contribution in [3.05, 3.63) is 85.4 Å². The van der Waals surface area contributed by atoms with Gasteiger partial charge >= 0.3 is 0 Å². The van der Waals surface area contributed by atoms with Crippen molar-refractivity contribution in [2.45, 2.75) is 13.8 Å². The summed E-state index contributed by atoms with van der Waals surface area (Å²) in [6.45, 7) is 3.96. The van der Waals surface area contributed by atoms with Crippen LogP contribution in [0.2, 0.25) is 0 Å². The van der Waals surface area contributed by atoms with E-state index in [9.17, 15) is 25.3 Å². The molecule has 0 bridgehead atoms. The molecule has 160 valence electrons. The second-order valence-electron chi connectivity index (χ2n) is 7.15. The maximum atomic E-state index is 12.3. The Labute approximate surface area is 180 Å². The largest absolute Gasteiger partial charge is 0.867 e. The number of oxazole rings is 1. The Balaban J connectivity index is 1.71. The number of fused-ring (bicyclic) bond motifs is 1. The molecule has 3 aromatic carbocycles. The van der Waals surface area contributed by atoms with Gasteiger partial charge in [-0.3, -0.25) is 25.2 Å². The predicted molar refractivity (Wildman–Crippen MR) is 115 cm³/mol. The van der Waals surface area contributed by atoms with E-state index < -0.39 is 27.0 Å². The highest BCUT2D eigenvalue weighted by atomic mass is 16.6. The van der Waals surface area contributed by atoms with Crippen LogP contribution in [0.15, 0.2) is 57.9 Å². The molecule has 1 aromatic heterocycles. The SMILES string of the molecule is Cc1ccc(-c2nc3cc(N=Cc4cc([N+](=O)[O-])cc([N+](=O)[O-])c4[O-])ccc3o2)c(C)c1. The van der Waals surface area contributed by atoms with Gasteiger partial charge in [0.05, 0.1) is 21.6 Å². The molecular formula is C22H15N4O6-. The Morgan fingerprint density at radius 1 is 1.00 bits per heavy atom. The van der Waals surface area contributed by atoms with Crippen molar-refractivity contribution in [1.29, 1.82) is 0 Å². The Morgan fingerprint density at radius 3 is 2.47 bits per heavy atom. The molecule has 0 aliphatic rings. The zero-order valence-electron chi connectivity index (χ0n) is 16.9. The Kier molecular flexibility index (Phi) is 5.11. The fourth-order valence-corrected chi connectivity index (χ4v) is 3.27. The summed E-state index contributed by atoms with van der Waals surface area (Å²) in [7, 11) is 0. The van der Waals surface area contributed by atoms with Gasteiger partial charge < -0.3 is 9.52 Å². The molecule has 1 heterocycles. The highest BCUT2D eigenvalue weighted by Crippen LogP contribution is 2.32. The van der Waals surface area contributed by atoms with Crippen LogP contribution >= 0.6 is 0 Å². The van der Waals surface area contributed by atoms with Gasteiger partial charge in [-0.1, -0.05) is 17.7 Å². The van der Waals surface area contributed by atoms with Gasteiger partial charge in [0.2, 0.25) is 5.89 Å². The fraction of sp³-hybridized carbons (Fsp3) is 0.0909. The van der Waals surface area contributed by atoms with Crippen molar-refractivity contribution in [1.82, 2.24) is 4.98 Å². The van der Waals surface area contributed by atoms with Crippen LogP contribution in [0, 0.1) is 34.1 Å². The Hall–Kier alpha value is -4.60. The van der Waals surface area contributed by atoms with E-state index in [0.717, 1.165) is 29.0 Å². The van der Waals surface area contributed by atoms with Crippen molar-refractivity contribution in [2.75, 3.05) is 0 Å². The van der Waals surface area contributed by atoms with E-state index in [1.807, 2.05) is 32.0 Å². The van der Waals surface area contributed by atoms with E-state index in [0.29, 0.717) is 28.7 Å². The Morgan fingerprint density at radius 2 is 1.78 bits per heavy atom. The van der Waals surface area contributed by atoms with E-state index >= 15 is 0 Å². The van der Waals surface area contributed by atoms with Gasteiger partial charge in [0.25, 0.3) is 11.4 Å². The monoisotopic (exact) mass is 431 g/mol. The average molecular weight is 431 g/mol.